The van der Waals surface area contributed by atoms with Crippen LogP contribution in [0.4, 0.5) is 0 Å². The molecule has 0 amide bonds. The van der Waals surface area contributed by atoms with Crippen LogP contribution in [0.2, 0.25) is 0 Å². The maximum absolute atomic E-state index is 9.17. The van der Waals surface area contributed by atoms with E-state index in [1.54, 1.807) is 0 Å². The minimum atomic E-state index is -0.0260. The van der Waals surface area contributed by atoms with Gasteiger partial charge in [0, 0.05) is 11.6 Å². The average molecular weight is 169 g/mol. The fourth-order valence-electron chi connectivity index (χ4n) is 1.02. The lowest BCUT2D eigenvalue weighted by molar-refractivity contribution is 0.104. The van der Waals surface area contributed by atoms with Gasteiger partial charge in [-0.2, -0.15) is 0 Å². The Morgan fingerprint density at radius 2 is 2.25 bits per heavy atom. The van der Waals surface area contributed by atoms with Crippen molar-refractivity contribution < 1.29 is 14.9 Å². The minimum absolute atomic E-state index is 0.00634. The number of nitrogens with one attached hydrogen (secondary N) is 1. The Labute approximate surface area is 69.8 Å². The van der Waals surface area contributed by atoms with Gasteiger partial charge >= 0.3 is 0 Å². The van der Waals surface area contributed by atoms with Crippen molar-refractivity contribution in [1.82, 2.24) is 4.98 Å². The number of rotatable bonds is 3. The van der Waals surface area contributed by atoms with Gasteiger partial charge < -0.3 is 14.9 Å². The highest BCUT2D eigenvalue weighted by atomic mass is 16.5. The first-order valence-electron chi connectivity index (χ1n) is 3.97. The highest BCUT2D eigenvalue weighted by Crippen LogP contribution is 2.28. The predicted octanol–water partition coefficient (Wildman–Crippen LogP) is 1.10. The second kappa shape index (κ2) is 2.71. The van der Waals surface area contributed by atoms with Gasteiger partial charge in [-0.3, -0.25) is 4.98 Å². The Balaban J connectivity index is 1.96. The van der Waals surface area contributed by atoms with Crippen LogP contribution in [0.5, 0.6) is 11.8 Å². The van der Waals surface area contributed by atoms with Gasteiger partial charge in [-0.15, -0.1) is 0 Å². The van der Waals surface area contributed by atoms with Crippen LogP contribution in [-0.4, -0.2) is 21.3 Å². The normalized spacial score (nSPS) is 16.7. The van der Waals surface area contributed by atoms with Crippen LogP contribution < -0.4 is 0 Å². The van der Waals surface area contributed by atoms with Gasteiger partial charge in [0.15, 0.2) is 11.8 Å². The Kier molecular flexibility index (Phi) is 1.69. The first kappa shape index (κ1) is 7.49. The van der Waals surface area contributed by atoms with Gasteiger partial charge in [0.25, 0.3) is 0 Å². The molecule has 1 aliphatic rings. The quantitative estimate of drug-likeness (QED) is 0.634. The van der Waals surface area contributed by atoms with Crippen molar-refractivity contribution in [1.29, 1.82) is 0 Å². The van der Waals surface area contributed by atoms with Crippen molar-refractivity contribution in [2.75, 3.05) is 0 Å². The molecule has 0 unspecified atom stereocenters. The molecular weight excluding hydrogens is 158 g/mol. The molecule has 12 heavy (non-hydrogen) atoms. The lowest BCUT2D eigenvalue weighted by atomic mass is 10.3. The number of aromatic nitrogens is 1. The lowest BCUT2D eigenvalue weighted by Gasteiger charge is -1.98. The summed E-state index contributed by atoms with van der Waals surface area (Å²) in [6, 6.07) is 1.47. The van der Waals surface area contributed by atoms with E-state index >= 15 is 0 Å². The summed E-state index contributed by atoms with van der Waals surface area (Å²) in [4.78, 5) is 2.38. The molecule has 0 saturated heterocycles. The van der Waals surface area contributed by atoms with E-state index in [-0.39, 0.29) is 11.8 Å². The molecule has 1 aromatic heterocycles. The van der Waals surface area contributed by atoms with Crippen molar-refractivity contribution in [2.45, 2.75) is 25.6 Å². The van der Waals surface area contributed by atoms with Gasteiger partial charge in [0.1, 0.15) is 0 Å². The van der Waals surface area contributed by atoms with Crippen LogP contribution in [0.3, 0.4) is 0 Å². The number of aromatic hydroxyl groups is 2. The maximum Gasteiger partial charge on any atom is 0.196 e. The van der Waals surface area contributed by atoms with E-state index in [0.717, 1.165) is 12.8 Å². The van der Waals surface area contributed by atoms with E-state index in [1.807, 2.05) is 0 Å². The molecule has 3 N–H and O–H groups in total. The topological polar surface area (TPSA) is 65.5 Å². The molecule has 4 nitrogen and oxygen atoms in total. The molecular formula is C8H11NO3. The Bertz CT molecular complexity index is 278. The summed E-state index contributed by atoms with van der Waals surface area (Å²) < 4.78 is 5.34. The molecule has 0 spiro atoms. The molecule has 4 heteroatoms. The van der Waals surface area contributed by atoms with Crippen LogP contribution in [0, 0.1) is 0 Å². The Morgan fingerprint density at radius 1 is 1.50 bits per heavy atom. The third-order valence-corrected chi connectivity index (χ3v) is 1.86. The first-order chi connectivity index (χ1) is 5.75. The number of H-pyrrole nitrogens is 1. The molecule has 1 saturated carbocycles. The fraction of sp³-hybridized carbons (Fsp3) is 0.500. The summed E-state index contributed by atoms with van der Waals surface area (Å²) in [5, 5.41) is 18.1. The Morgan fingerprint density at radius 3 is 2.75 bits per heavy atom. The minimum Gasteiger partial charge on any atom is -0.495 e. The largest absolute Gasteiger partial charge is 0.495 e. The zero-order valence-electron chi connectivity index (χ0n) is 6.58. The van der Waals surface area contributed by atoms with Crippen molar-refractivity contribution in [3.63, 3.8) is 0 Å². The van der Waals surface area contributed by atoms with E-state index in [9.17, 15) is 0 Å². The standard InChI is InChI=1S/C8H11NO3/c10-7-3-5(8(11)9-7)4-12-6-1-2-6/h3,6,9-11H,1-2,4H2. The van der Waals surface area contributed by atoms with Crippen molar-refractivity contribution in [3.8, 4) is 11.8 Å². The SMILES string of the molecule is Oc1cc(COC2CC2)c(O)[nH]1. The van der Waals surface area contributed by atoms with Crippen LogP contribution in [0.1, 0.15) is 18.4 Å². The number of ether oxygens (including phenoxy) is 1. The fourth-order valence-corrected chi connectivity index (χ4v) is 1.02. The van der Waals surface area contributed by atoms with Crippen molar-refractivity contribution in [2.24, 2.45) is 0 Å². The number of hydrogen-bond acceptors (Lipinski definition) is 3. The van der Waals surface area contributed by atoms with Gasteiger partial charge in [-0.25, -0.2) is 0 Å². The zero-order valence-corrected chi connectivity index (χ0v) is 6.58. The number of aromatic amines is 1. The highest BCUT2D eigenvalue weighted by Gasteiger charge is 2.22. The van der Waals surface area contributed by atoms with E-state index < -0.39 is 0 Å². The summed E-state index contributed by atoms with van der Waals surface area (Å²) >= 11 is 0. The predicted molar refractivity (Wildman–Crippen MR) is 41.9 cm³/mol. The summed E-state index contributed by atoms with van der Waals surface area (Å²) in [5.41, 5.74) is 0.611. The molecule has 0 aliphatic heterocycles. The van der Waals surface area contributed by atoms with E-state index in [0.29, 0.717) is 18.3 Å². The molecule has 0 aromatic carbocycles. The highest BCUT2D eigenvalue weighted by molar-refractivity contribution is 5.31. The molecule has 0 bridgehead atoms. The second-order valence-corrected chi connectivity index (χ2v) is 3.04. The molecule has 1 fully saturated rings. The van der Waals surface area contributed by atoms with E-state index in [2.05, 4.69) is 4.98 Å². The number of hydrogen-bond donors (Lipinski definition) is 3. The molecule has 0 radical (unpaired) electrons. The summed E-state index contributed by atoms with van der Waals surface area (Å²) in [6.07, 6.45) is 2.58. The molecule has 2 rings (SSSR count). The van der Waals surface area contributed by atoms with Gasteiger partial charge in [0.2, 0.25) is 0 Å². The van der Waals surface area contributed by atoms with Crippen LogP contribution in [0.25, 0.3) is 0 Å². The smallest absolute Gasteiger partial charge is 0.196 e. The van der Waals surface area contributed by atoms with Crippen molar-refractivity contribution in [3.05, 3.63) is 11.6 Å². The molecule has 66 valence electrons. The maximum atomic E-state index is 9.17. The monoisotopic (exact) mass is 169 g/mol. The van der Waals surface area contributed by atoms with Crippen LogP contribution in [0.15, 0.2) is 6.07 Å². The summed E-state index contributed by atoms with van der Waals surface area (Å²) in [5.74, 6) is -0.0324. The van der Waals surface area contributed by atoms with Crippen LogP contribution >= 0.6 is 0 Å². The molecule has 1 aromatic rings. The average Bonchev–Trinajstić information content (AvgIpc) is 2.76. The molecule has 1 heterocycles. The summed E-state index contributed by atoms with van der Waals surface area (Å²) in [7, 11) is 0. The van der Waals surface area contributed by atoms with Crippen molar-refractivity contribution >= 4 is 0 Å². The zero-order chi connectivity index (χ0) is 8.55. The Hall–Kier alpha value is -1.16. The lowest BCUT2D eigenvalue weighted by Crippen LogP contribution is -1.92. The third-order valence-electron chi connectivity index (χ3n) is 1.86. The first-order valence-corrected chi connectivity index (χ1v) is 3.97. The van der Waals surface area contributed by atoms with Crippen LogP contribution in [-0.2, 0) is 11.3 Å². The second-order valence-electron chi connectivity index (χ2n) is 3.04. The van der Waals surface area contributed by atoms with E-state index in [1.165, 1.54) is 6.07 Å². The van der Waals surface area contributed by atoms with Gasteiger partial charge in [-0.05, 0) is 12.8 Å². The van der Waals surface area contributed by atoms with E-state index in [4.69, 9.17) is 14.9 Å². The summed E-state index contributed by atoms with van der Waals surface area (Å²) in [6.45, 7) is 0.369. The van der Waals surface area contributed by atoms with Gasteiger partial charge in [-0.1, -0.05) is 0 Å². The third kappa shape index (κ3) is 1.53. The molecule has 0 atom stereocenters. The van der Waals surface area contributed by atoms with Gasteiger partial charge in [0.05, 0.1) is 12.7 Å². The molecule has 1 aliphatic carbocycles.